The van der Waals surface area contributed by atoms with E-state index in [9.17, 15) is 4.79 Å². The number of anilines is 1. The second-order valence-electron chi connectivity index (χ2n) is 5.34. The molecule has 1 amide bonds. The Hall–Kier alpha value is -0.500. The number of nitrogens with zero attached hydrogens (tertiary/aromatic N) is 3. The standard InChI is InChI=1S/C14H24N4OS2.ClH/c1-10-11(2)21-14(16-10)18-7-5-17(6-8-18)13(19)12(15)4-9-20-3;/h12H,4-9,15H2,1-3H3;1H/t12-;/m0./s1. The molecule has 22 heavy (non-hydrogen) atoms. The fourth-order valence-corrected chi connectivity index (χ4v) is 3.76. The summed E-state index contributed by atoms with van der Waals surface area (Å²) in [6, 6.07) is -0.353. The topological polar surface area (TPSA) is 62.5 Å². The molecule has 1 aliphatic heterocycles. The summed E-state index contributed by atoms with van der Waals surface area (Å²) in [4.78, 5) is 22.3. The normalized spacial score (nSPS) is 16.4. The number of amides is 1. The monoisotopic (exact) mass is 364 g/mol. The lowest BCUT2D eigenvalue weighted by molar-refractivity contribution is -0.132. The third-order valence-corrected chi connectivity index (χ3v) is 5.61. The van der Waals surface area contributed by atoms with Gasteiger partial charge >= 0.3 is 0 Å². The Balaban J connectivity index is 0.00000242. The van der Waals surface area contributed by atoms with Crippen LogP contribution in [0.1, 0.15) is 17.0 Å². The van der Waals surface area contributed by atoms with Crippen molar-refractivity contribution in [1.82, 2.24) is 9.88 Å². The molecule has 1 atom stereocenters. The fraction of sp³-hybridized carbons (Fsp3) is 0.714. The van der Waals surface area contributed by atoms with Gasteiger partial charge in [0.05, 0.1) is 11.7 Å². The van der Waals surface area contributed by atoms with Crippen LogP contribution in [0, 0.1) is 13.8 Å². The summed E-state index contributed by atoms with van der Waals surface area (Å²) in [6.07, 6.45) is 2.79. The lowest BCUT2D eigenvalue weighted by Gasteiger charge is -2.35. The Labute approximate surface area is 147 Å². The molecule has 0 aliphatic carbocycles. The zero-order valence-corrected chi connectivity index (χ0v) is 15.8. The Kier molecular flexibility index (Phi) is 7.96. The molecule has 0 spiro atoms. The van der Waals surface area contributed by atoms with Crippen LogP contribution in [0.2, 0.25) is 0 Å². The van der Waals surface area contributed by atoms with E-state index in [0.717, 1.165) is 49.2 Å². The van der Waals surface area contributed by atoms with Gasteiger partial charge in [0.15, 0.2) is 5.13 Å². The Morgan fingerprint density at radius 3 is 2.50 bits per heavy atom. The molecule has 1 aliphatic rings. The molecule has 2 heterocycles. The number of nitrogens with two attached hydrogens (primary N) is 1. The lowest BCUT2D eigenvalue weighted by atomic mass is 10.2. The summed E-state index contributed by atoms with van der Waals surface area (Å²) in [5.41, 5.74) is 7.08. The van der Waals surface area contributed by atoms with E-state index in [1.165, 1.54) is 4.88 Å². The van der Waals surface area contributed by atoms with E-state index in [1.54, 1.807) is 23.1 Å². The van der Waals surface area contributed by atoms with Crippen molar-refractivity contribution in [2.45, 2.75) is 26.3 Å². The molecule has 0 saturated carbocycles. The third-order valence-electron chi connectivity index (χ3n) is 3.83. The van der Waals surface area contributed by atoms with Gasteiger partial charge in [-0.15, -0.1) is 23.7 Å². The van der Waals surface area contributed by atoms with Crippen LogP contribution in [0.5, 0.6) is 0 Å². The number of aromatic nitrogens is 1. The van der Waals surface area contributed by atoms with Crippen molar-refractivity contribution < 1.29 is 4.79 Å². The van der Waals surface area contributed by atoms with Gasteiger partial charge in [0.2, 0.25) is 5.91 Å². The van der Waals surface area contributed by atoms with Crippen molar-refractivity contribution in [3.63, 3.8) is 0 Å². The van der Waals surface area contributed by atoms with Gasteiger partial charge in [-0.25, -0.2) is 4.98 Å². The number of aryl methyl sites for hydroxylation is 2. The molecule has 8 heteroatoms. The van der Waals surface area contributed by atoms with Gasteiger partial charge in [-0.1, -0.05) is 0 Å². The zero-order chi connectivity index (χ0) is 15.4. The minimum absolute atomic E-state index is 0. The average Bonchev–Trinajstić information content (AvgIpc) is 2.83. The van der Waals surface area contributed by atoms with E-state index in [-0.39, 0.29) is 24.4 Å². The van der Waals surface area contributed by atoms with Crippen LogP contribution in [0.3, 0.4) is 0 Å². The molecule has 2 rings (SSSR count). The van der Waals surface area contributed by atoms with E-state index in [4.69, 9.17) is 5.73 Å². The van der Waals surface area contributed by atoms with Crippen LogP contribution in [-0.2, 0) is 4.79 Å². The number of thioether (sulfide) groups is 1. The molecular weight excluding hydrogens is 340 g/mol. The minimum atomic E-state index is -0.353. The van der Waals surface area contributed by atoms with Gasteiger partial charge < -0.3 is 15.5 Å². The SMILES string of the molecule is CSCC[C@H](N)C(=O)N1CCN(c2nc(C)c(C)s2)CC1.Cl. The molecule has 2 N–H and O–H groups in total. The molecule has 0 unspecified atom stereocenters. The molecule has 1 fully saturated rings. The smallest absolute Gasteiger partial charge is 0.239 e. The summed E-state index contributed by atoms with van der Waals surface area (Å²) in [7, 11) is 0. The maximum atomic E-state index is 12.3. The predicted octanol–water partition coefficient (Wildman–Crippen LogP) is 1.91. The number of hydrogen-bond acceptors (Lipinski definition) is 6. The second-order valence-corrected chi connectivity index (χ2v) is 7.51. The summed E-state index contributed by atoms with van der Waals surface area (Å²) in [6.45, 7) is 7.30. The highest BCUT2D eigenvalue weighted by Crippen LogP contribution is 2.26. The lowest BCUT2D eigenvalue weighted by Crippen LogP contribution is -2.53. The van der Waals surface area contributed by atoms with Gasteiger partial charge in [0.1, 0.15) is 0 Å². The highest BCUT2D eigenvalue weighted by Gasteiger charge is 2.26. The first kappa shape index (κ1) is 19.5. The van der Waals surface area contributed by atoms with Gasteiger partial charge in [0.25, 0.3) is 0 Å². The Morgan fingerprint density at radius 2 is 2.00 bits per heavy atom. The van der Waals surface area contributed by atoms with Crippen molar-refractivity contribution >= 4 is 46.5 Å². The van der Waals surface area contributed by atoms with Gasteiger partial charge in [-0.2, -0.15) is 11.8 Å². The fourth-order valence-electron chi connectivity index (χ4n) is 2.31. The first-order valence-corrected chi connectivity index (χ1v) is 9.46. The van der Waals surface area contributed by atoms with E-state index in [1.807, 2.05) is 18.1 Å². The Morgan fingerprint density at radius 1 is 1.36 bits per heavy atom. The molecule has 0 radical (unpaired) electrons. The molecule has 0 bridgehead atoms. The maximum absolute atomic E-state index is 12.3. The van der Waals surface area contributed by atoms with Gasteiger partial charge in [0, 0.05) is 31.1 Å². The van der Waals surface area contributed by atoms with Crippen LogP contribution in [0.25, 0.3) is 0 Å². The number of carbonyl (C=O) groups is 1. The van der Waals surface area contributed by atoms with E-state index in [2.05, 4.69) is 16.8 Å². The second kappa shape index (κ2) is 8.96. The third kappa shape index (κ3) is 4.75. The number of piperazine rings is 1. The molecule has 1 aromatic rings. The molecular formula is C14H25ClN4OS2. The predicted molar refractivity (Wildman–Crippen MR) is 98.6 cm³/mol. The zero-order valence-electron chi connectivity index (χ0n) is 13.4. The molecule has 5 nitrogen and oxygen atoms in total. The van der Waals surface area contributed by atoms with Crippen LogP contribution >= 0.6 is 35.5 Å². The van der Waals surface area contributed by atoms with Crippen molar-refractivity contribution in [2.24, 2.45) is 5.73 Å². The molecule has 1 saturated heterocycles. The molecule has 0 aromatic carbocycles. The van der Waals surface area contributed by atoms with Crippen LogP contribution < -0.4 is 10.6 Å². The number of carbonyl (C=O) groups excluding carboxylic acids is 1. The van der Waals surface area contributed by atoms with Crippen LogP contribution in [-0.4, -0.2) is 60.0 Å². The summed E-state index contributed by atoms with van der Waals surface area (Å²) in [5.74, 6) is 1.03. The van der Waals surface area contributed by atoms with E-state index >= 15 is 0 Å². The van der Waals surface area contributed by atoms with Gasteiger partial charge in [-0.05, 0) is 32.3 Å². The number of hydrogen-bond donors (Lipinski definition) is 1. The number of rotatable bonds is 5. The molecule has 126 valence electrons. The maximum Gasteiger partial charge on any atom is 0.239 e. The van der Waals surface area contributed by atoms with E-state index < -0.39 is 0 Å². The largest absolute Gasteiger partial charge is 0.345 e. The average molecular weight is 365 g/mol. The Bertz CT molecular complexity index is 470. The minimum Gasteiger partial charge on any atom is -0.345 e. The highest BCUT2D eigenvalue weighted by atomic mass is 35.5. The number of halogens is 1. The summed E-state index contributed by atoms with van der Waals surface area (Å²) in [5, 5.41) is 1.07. The first-order chi connectivity index (χ1) is 10.0. The summed E-state index contributed by atoms with van der Waals surface area (Å²) < 4.78 is 0. The first-order valence-electron chi connectivity index (χ1n) is 7.25. The highest BCUT2D eigenvalue weighted by molar-refractivity contribution is 7.98. The quantitative estimate of drug-likeness (QED) is 0.864. The van der Waals surface area contributed by atoms with Crippen molar-refractivity contribution in [2.75, 3.05) is 43.1 Å². The van der Waals surface area contributed by atoms with Gasteiger partial charge in [-0.3, -0.25) is 4.79 Å². The van der Waals surface area contributed by atoms with Crippen molar-refractivity contribution in [3.05, 3.63) is 10.6 Å². The van der Waals surface area contributed by atoms with Crippen LogP contribution in [0.4, 0.5) is 5.13 Å². The summed E-state index contributed by atoms with van der Waals surface area (Å²) >= 11 is 3.46. The van der Waals surface area contributed by atoms with Crippen LogP contribution in [0.15, 0.2) is 0 Å². The van der Waals surface area contributed by atoms with Crippen molar-refractivity contribution in [3.8, 4) is 0 Å². The molecule has 1 aromatic heterocycles. The van der Waals surface area contributed by atoms with E-state index in [0.29, 0.717) is 0 Å². The number of thiazole rings is 1. The van der Waals surface area contributed by atoms with Crippen molar-refractivity contribution in [1.29, 1.82) is 0 Å².